The molecular weight excluding hydrogens is 336 g/mol. The molecule has 0 aliphatic carbocycles. The third-order valence-electron chi connectivity index (χ3n) is 3.61. The number of carbonyl (C=O) groups is 1. The average molecular weight is 351 g/mol. The molecule has 0 saturated carbocycles. The Morgan fingerprint density at radius 3 is 2.85 bits per heavy atom. The van der Waals surface area contributed by atoms with Crippen LogP contribution in [0.15, 0.2) is 40.2 Å². The number of nitrogens with two attached hydrogens (primary N) is 1. The Labute approximate surface area is 130 Å². The largest absolute Gasteiger partial charge is 0.330 e. The standard InChI is InChI=1S/C15H15BrN2OS/c16-14-6-5-13(20-14)15(19)18-9-10(7-8-17)11-3-1-2-4-12(11)18/h1-6,10H,7-9,17H2. The highest BCUT2D eigenvalue weighted by Gasteiger charge is 2.32. The number of hydrogen-bond donors (Lipinski definition) is 1. The molecule has 2 aromatic rings. The van der Waals surface area contributed by atoms with Crippen molar-refractivity contribution in [1.82, 2.24) is 0 Å². The molecule has 1 amide bonds. The number of para-hydroxylation sites is 1. The summed E-state index contributed by atoms with van der Waals surface area (Å²) in [7, 11) is 0. The van der Waals surface area contributed by atoms with Crippen molar-refractivity contribution in [2.45, 2.75) is 12.3 Å². The zero-order valence-electron chi connectivity index (χ0n) is 10.9. The van der Waals surface area contributed by atoms with Gasteiger partial charge in [-0.25, -0.2) is 0 Å². The summed E-state index contributed by atoms with van der Waals surface area (Å²) >= 11 is 4.88. The zero-order chi connectivity index (χ0) is 14.1. The van der Waals surface area contributed by atoms with Gasteiger partial charge in [-0.15, -0.1) is 11.3 Å². The fourth-order valence-corrected chi connectivity index (χ4v) is 4.03. The van der Waals surface area contributed by atoms with Crippen molar-refractivity contribution in [3.8, 4) is 0 Å². The monoisotopic (exact) mass is 350 g/mol. The van der Waals surface area contributed by atoms with Gasteiger partial charge >= 0.3 is 0 Å². The SMILES string of the molecule is NCCC1CN(C(=O)c2ccc(Br)s2)c2ccccc21. The number of anilines is 1. The molecule has 3 nitrogen and oxygen atoms in total. The van der Waals surface area contributed by atoms with E-state index in [0.29, 0.717) is 12.5 Å². The lowest BCUT2D eigenvalue weighted by Crippen LogP contribution is -2.29. The predicted molar refractivity (Wildman–Crippen MR) is 86.5 cm³/mol. The van der Waals surface area contributed by atoms with Gasteiger partial charge in [-0.05, 0) is 52.7 Å². The van der Waals surface area contributed by atoms with Crippen LogP contribution in [0.25, 0.3) is 0 Å². The van der Waals surface area contributed by atoms with Crippen LogP contribution in [0.2, 0.25) is 0 Å². The number of nitrogens with zero attached hydrogens (tertiary/aromatic N) is 1. The number of carbonyl (C=O) groups excluding carboxylic acids is 1. The molecule has 1 aromatic carbocycles. The van der Waals surface area contributed by atoms with Crippen molar-refractivity contribution in [2.24, 2.45) is 5.73 Å². The summed E-state index contributed by atoms with van der Waals surface area (Å²) in [5.74, 6) is 0.427. The number of fused-ring (bicyclic) bond motifs is 1. The third kappa shape index (κ3) is 2.41. The number of benzene rings is 1. The number of rotatable bonds is 3. The topological polar surface area (TPSA) is 46.3 Å². The molecule has 0 spiro atoms. The maximum atomic E-state index is 12.7. The van der Waals surface area contributed by atoms with E-state index in [1.54, 1.807) is 0 Å². The van der Waals surface area contributed by atoms with E-state index in [1.807, 2.05) is 35.2 Å². The number of thiophene rings is 1. The number of amides is 1. The summed E-state index contributed by atoms with van der Waals surface area (Å²) < 4.78 is 0.979. The molecule has 1 aliphatic heterocycles. The summed E-state index contributed by atoms with van der Waals surface area (Å²) in [5, 5.41) is 0. The number of halogens is 1. The molecule has 0 saturated heterocycles. The molecule has 2 N–H and O–H groups in total. The molecule has 0 radical (unpaired) electrons. The van der Waals surface area contributed by atoms with Gasteiger partial charge in [0.15, 0.2) is 0 Å². The lowest BCUT2D eigenvalue weighted by molar-refractivity contribution is 0.0992. The van der Waals surface area contributed by atoms with Crippen molar-refractivity contribution >= 4 is 38.9 Å². The first-order valence-corrected chi connectivity index (χ1v) is 8.18. The molecule has 2 heterocycles. The van der Waals surface area contributed by atoms with Crippen LogP contribution in [-0.2, 0) is 0 Å². The lowest BCUT2D eigenvalue weighted by atomic mass is 9.98. The highest BCUT2D eigenvalue weighted by molar-refractivity contribution is 9.11. The predicted octanol–water partition coefficient (Wildman–Crippen LogP) is 3.60. The number of hydrogen-bond acceptors (Lipinski definition) is 3. The first kappa shape index (κ1) is 13.8. The Balaban J connectivity index is 1.93. The van der Waals surface area contributed by atoms with Gasteiger partial charge in [-0.3, -0.25) is 4.79 Å². The second-order valence-electron chi connectivity index (χ2n) is 4.85. The van der Waals surface area contributed by atoms with Gasteiger partial charge in [0, 0.05) is 18.2 Å². The van der Waals surface area contributed by atoms with E-state index in [-0.39, 0.29) is 5.91 Å². The third-order valence-corrected chi connectivity index (χ3v) is 5.23. The minimum Gasteiger partial charge on any atom is -0.330 e. The van der Waals surface area contributed by atoms with E-state index in [9.17, 15) is 4.79 Å². The Morgan fingerprint density at radius 2 is 2.15 bits per heavy atom. The Hall–Kier alpha value is -1.17. The molecule has 1 atom stereocenters. The zero-order valence-corrected chi connectivity index (χ0v) is 13.3. The van der Waals surface area contributed by atoms with E-state index in [2.05, 4.69) is 22.0 Å². The molecule has 3 rings (SSSR count). The van der Waals surface area contributed by atoms with E-state index in [4.69, 9.17) is 5.73 Å². The highest BCUT2D eigenvalue weighted by Crippen LogP contribution is 2.39. The van der Waals surface area contributed by atoms with Crippen molar-refractivity contribution in [3.63, 3.8) is 0 Å². The molecule has 0 bridgehead atoms. The fourth-order valence-electron chi connectivity index (χ4n) is 2.70. The maximum absolute atomic E-state index is 12.7. The normalized spacial score (nSPS) is 17.3. The van der Waals surface area contributed by atoms with Crippen LogP contribution in [0.5, 0.6) is 0 Å². The maximum Gasteiger partial charge on any atom is 0.268 e. The van der Waals surface area contributed by atoms with Gasteiger partial charge in [0.2, 0.25) is 0 Å². The van der Waals surface area contributed by atoms with Crippen LogP contribution >= 0.6 is 27.3 Å². The van der Waals surface area contributed by atoms with E-state index < -0.39 is 0 Å². The van der Waals surface area contributed by atoms with Crippen LogP contribution in [-0.4, -0.2) is 19.0 Å². The molecule has 5 heteroatoms. The van der Waals surface area contributed by atoms with Crippen molar-refractivity contribution in [1.29, 1.82) is 0 Å². The summed E-state index contributed by atoms with van der Waals surface area (Å²) in [6.07, 6.45) is 0.912. The van der Waals surface area contributed by atoms with E-state index in [1.165, 1.54) is 16.9 Å². The Bertz CT molecular complexity index is 640. The first-order chi connectivity index (χ1) is 9.70. The van der Waals surface area contributed by atoms with E-state index >= 15 is 0 Å². The summed E-state index contributed by atoms with van der Waals surface area (Å²) in [4.78, 5) is 15.3. The molecule has 1 aliphatic rings. The van der Waals surface area contributed by atoms with Gasteiger partial charge in [0.25, 0.3) is 5.91 Å². The van der Waals surface area contributed by atoms with Gasteiger partial charge < -0.3 is 10.6 Å². The highest BCUT2D eigenvalue weighted by atomic mass is 79.9. The van der Waals surface area contributed by atoms with Crippen LogP contribution < -0.4 is 10.6 Å². The smallest absolute Gasteiger partial charge is 0.268 e. The lowest BCUT2D eigenvalue weighted by Gasteiger charge is -2.16. The van der Waals surface area contributed by atoms with Crippen molar-refractivity contribution in [3.05, 3.63) is 50.6 Å². The minimum absolute atomic E-state index is 0.0765. The van der Waals surface area contributed by atoms with Crippen LogP contribution in [0.4, 0.5) is 5.69 Å². The van der Waals surface area contributed by atoms with Gasteiger partial charge in [0.05, 0.1) is 8.66 Å². The second-order valence-corrected chi connectivity index (χ2v) is 7.32. The molecule has 1 aromatic heterocycles. The van der Waals surface area contributed by atoms with Crippen molar-refractivity contribution < 1.29 is 4.79 Å². The minimum atomic E-state index is 0.0765. The molecule has 20 heavy (non-hydrogen) atoms. The Morgan fingerprint density at radius 1 is 1.35 bits per heavy atom. The summed E-state index contributed by atoms with van der Waals surface area (Å²) in [6.45, 7) is 1.37. The fraction of sp³-hybridized carbons (Fsp3) is 0.267. The van der Waals surface area contributed by atoms with Crippen LogP contribution in [0.3, 0.4) is 0 Å². The quantitative estimate of drug-likeness (QED) is 0.918. The van der Waals surface area contributed by atoms with E-state index in [0.717, 1.165) is 27.3 Å². The summed E-state index contributed by atoms with van der Waals surface area (Å²) in [6, 6.07) is 11.9. The van der Waals surface area contributed by atoms with Gasteiger partial charge in [-0.2, -0.15) is 0 Å². The van der Waals surface area contributed by atoms with Gasteiger partial charge in [-0.1, -0.05) is 18.2 Å². The molecule has 0 fully saturated rings. The molecule has 104 valence electrons. The molecular formula is C15H15BrN2OS. The average Bonchev–Trinajstić information content (AvgIpc) is 3.04. The summed E-state index contributed by atoms with van der Waals surface area (Å²) in [5.41, 5.74) is 7.96. The first-order valence-electron chi connectivity index (χ1n) is 6.57. The van der Waals surface area contributed by atoms with Crippen LogP contribution in [0, 0.1) is 0 Å². The molecule has 1 unspecified atom stereocenters. The van der Waals surface area contributed by atoms with Crippen molar-refractivity contribution in [2.75, 3.05) is 18.0 Å². The second kappa shape index (κ2) is 5.68. The van der Waals surface area contributed by atoms with Gasteiger partial charge in [0.1, 0.15) is 0 Å². The Kier molecular flexibility index (Phi) is 3.92. The van der Waals surface area contributed by atoms with Crippen LogP contribution in [0.1, 0.15) is 27.6 Å².